The van der Waals surface area contributed by atoms with Crippen molar-refractivity contribution >= 4 is 5.69 Å². The first kappa shape index (κ1) is 10.7. The summed E-state index contributed by atoms with van der Waals surface area (Å²) in [6, 6.07) is 16.8. The number of nitrogen functional groups attached to an aromatic ring is 1. The minimum absolute atomic E-state index is 0.898. The second kappa shape index (κ2) is 4.84. The van der Waals surface area contributed by atoms with E-state index < -0.39 is 0 Å². The van der Waals surface area contributed by atoms with Crippen LogP contribution in [0.3, 0.4) is 0 Å². The molecule has 1 nitrogen and oxygen atoms in total. The maximum Gasteiger partial charge on any atom is 0.0346 e. The van der Waals surface area contributed by atoms with E-state index in [0.29, 0.717) is 0 Å². The normalized spacial score (nSPS) is 10.3. The molecule has 0 aliphatic carbocycles. The van der Waals surface area contributed by atoms with Gasteiger partial charge >= 0.3 is 0 Å². The molecule has 16 heavy (non-hydrogen) atoms. The monoisotopic (exact) mass is 211 g/mol. The summed E-state index contributed by atoms with van der Waals surface area (Å²) < 4.78 is 0. The first-order valence-electron chi connectivity index (χ1n) is 5.64. The molecule has 0 heterocycles. The number of nitrogens with two attached hydrogens (primary N) is 1. The third-order valence-electron chi connectivity index (χ3n) is 2.86. The molecule has 0 saturated heterocycles. The second-order valence-electron chi connectivity index (χ2n) is 4.18. The molecule has 0 saturated carbocycles. The van der Waals surface area contributed by atoms with Crippen LogP contribution >= 0.6 is 0 Å². The number of anilines is 1. The molecule has 0 atom stereocenters. The van der Waals surface area contributed by atoms with Gasteiger partial charge in [0.1, 0.15) is 0 Å². The smallest absolute Gasteiger partial charge is 0.0346 e. The Balaban J connectivity index is 2.02. The number of hydrogen-bond acceptors (Lipinski definition) is 1. The molecule has 0 amide bonds. The summed E-state index contributed by atoms with van der Waals surface area (Å²) in [6.07, 6.45) is 2.06. The zero-order chi connectivity index (χ0) is 11.4. The van der Waals surface area contributed by atoms with E-state index in [1.807, 2.05) is 18.2 Å². The highest BCUT2D eigenvalue weighted by atomic mass is 14.6. The lowest BCUT2D eigenvalue weighted by Gasteiger charge is -2.05. The van der Waals surface area contributed by atoms with Crippen LogP contribution in [0.4, 0.5) is 5.69 Å². The third-order valence-corrected chi connectivity index (χ3v) is 2.86. The topological polar surface area (TPSA) is 26.0 Å². The number of aryl methyl sites for hydroxylation is 3. The Morgan fingerprint density at radius 1 is 0.875 bits per heavy atom. The van der Waals surface area contributed by atoms with E-state index in [-0.39, 0.29) is 0 Å². The minimum atomic E-state index is 0.898. The lowest BCUT2D eigenvalue weighted by molar-refractivity contribution is 0.962. The van der Waals surface area contributed by atoms with Gasteiger partial charge in [-0.2, -0.15) is 0 Å². The van der Waals surface area contributed by atoms with Crippen LogP contribution in [-0.2, 0) is 12.8 Å². The number of para-hydroxylation sites is 1. The molecule has 2 aromatic rings. The summed E-state index contributed by atoms with van der Waals surface area (Å²) in [6.45, 7) is 2.11. The predicted molar refractivity (Wildman–Crippen MR) is 69.4 cm³/mol. The van der Waals surface area contributed by atoms with Gasteiger partial charge in [-0.25, -0.2) is 0 Å². The minimum Gasteiger partial charge on any atom is -0.399 e. The average Bonchev–Trinajstić information content (AvgIpc) is 2.30. The van der Waals surface area contributed by atoms with E-state index in [9.17, 15) is 0 Å². The molecule has 2 rings (SSSR count). The lowest BCUT2D eigenvalue weighted by Crippen LogP contribution is -1.96. The van der Waals surface area contributed by atoms with Crippen molar-refractivity contribution in [1.29, 1.82) is 0 Å². The van der Waals surface area contributed by atoms with Crippen molar-refractivity contribution in [3.63, 3.8) is 0 Å². The van der Waals surface area contributed by atoms with Gasteiger partial charge in [0, 0.05) is 5.69 Å². The standard InChI is InChI=1S/C15H17N/c1-12-6-8-13(9-7-12)10-11-14-4-2-3-5-15(14)16/h2-9H,10-11,16H2,1H3. The van der Waals surface area contributed by atoms with Crippen LogP contribution in [0.1, 0.15) is 16.7 Å². The summed E-state index contributed by atoms with van der Waals surface area (Å²) >= 11 is 0. The van der Waals surface area contributed by atoms with Crippen LogP contribution in [0.2, 0.25) is 0 Å². The Morgan fingerprint density at radius 3 is 2.25 bits per heavy atom. The average molecular weight is 211 g/mol. The van der Waals surface area contributed by atoms with Gasteiger partial charge < -0.3 is 5.73 Å². The van der Waals surface area contributed by atoms with Crippen LogP contribution in [0.25, 0.3) is 0 Å². The van der Waals surface area contributed by atoms with E-state index in [4.69, 9.17) is 5.73 Å². The van der Waals surface area contributed by atoms with E-state index in [1.54, 1.807) is 0 Å². The molecule has 0 spiro atoms. The van der Waals surface area contributed by atoms with Gasteiger partial charge in [0.2, 0.25) is 0 Å². The number of hydrogen-bond donors (Lipinski definition) is 1. The SMILES string of the molecule is Cc1ccc(CCc2ccccc2N)cc1. The highest BCUT2D eigenvalue weighted by Gasteiger charge is 1.98. The lowest BCUT2D eigenvalue weighted by atomic mass is 10.0. The van der Waals surface area contributed by atoms with Crippen LogP contribution in [0.5, 0.6) is 0 Å². The van der Waals surface area contributed by atoms with Crippen LogP contribution < -0.4 is 5.73 Å². The van der Waals surface area contributed by atoms with E-state index in [0.717, 1.165) is 18.5 Å². The van der Waals surface area contributed by atoms with Crippen molar-refractivity contribution in [2.45, 2.75) is 19.8 Å². The molecular formula is C15H17N. The highest BCUT2D eigenvalue weighted by molar-refractivity contribution is 5.46. The van der Waals surface area contributed by atoms with Gasteiger partial charge in [0.15, 0.2) is 0 Å². The second-order valence-corrected chi connectivity index (χ2v) is 4.18. The quantitative estimate of drug-likeness (QED) is 0.774. The Hall–Kier alpha value is -1.76. The van der Waals surface area contributed by atoms with Crippen molar-refractivity contribution in [3.05, 3.63) is 65.2 Å². The van der Waals surface area contributed by atoms with Crippen molar-refractivity contribution in [2.24, 2.45) is 0 Å². The Bertz CT molecular complexity index is 457. The van der Waals surface area contributed by atoms with Gasteiger partial charge in [-0.3, -0.25) is 0 Å². The summed E-state index contributed by atoms with van der Waals surface area (Å²) in [5, 5.41) is 0. The Morgan fingerprint density at radius 2 is 1.56 bits per heavy atom. The zero-order valence-corrected chi connectivity index (χ0v) is 9.61. The maximum absolute atomic E-state index is 5.91. The van der Waals surface area contributed by atoms with Crippen molar-refractivity contribution in [1.82, 2.24) is 0 Å². The summed E-state index contributed by atoms with van der Waals surface area (Å²) in [7, 11) is 0. The molecule has 0 unspecified atom stereocenters. The highest BCUT2D eigenvalue weighted by Crippen LogP contribution is 2.14. The van der Waals surface area contributed by atoms with E-state index in [1.165, 1.54) is 16.7 Å². The maximum atomic E-state index is 5.91. The van der Waals surface area contributed by atoms with Gasteiger partial charge in [-0.1, -0.05) is 48.0 Å². The van der Waals surface area contributed by atoms with Crippen LogP contribution in [0, 0.1) is 6.92 Å². The fraction of sp³-hybridized carbons (Fsp3) is 0.200. The number of rotatable bonds is 3. The fourth-order valence-corrected chi connectivity index (χ4v) is 1.80. The Kier molecular flexibility index (Phi) is 3.25. The summed E-state index contributed by atoms with van der Waals surface area (Å²) in [4.78, 5) is 0. The van der Waals surface area contributed by atoms with Crippen molar-refractivity contribution in [3.8, 4) is 0 Å². The van der Waals surface area contributed by atoms with Gasteiger partial charge in [-0.15, -0.1) is 0 Å². The van der Waals surface area contributed by atoms with E-state index >= 15 is 0 Å². The number of benzene rings is 2. The molecule has 2 aromatic carbocycles. The van der Waals surface area contributed by atoms with Crippen molar-refractivity contribution < 1.29 is 0 Å². The van der Waals surface area contributed by atoms with Crippen molar-refractivity contribution in [2.75, 3.05) is 5.73 Å². The largest absolute Gasteiger partial charge is 0.399 e. The molecule has 82 valence electrons. The molecule has 0 aromatic heterocycles. The molecule has 0 fully saturated rings. The molecule has 0 aliphatic heterocycles. The van der Waals surface area contributed by atoms with Gasteiger partial charge in [0.05, 0.1) is 0 Å². The predicted octanol–water partition coefficient (Wildman–Crippen LogP) is 3.36. The summed E-state index contributed by atoms with van der Waals surface area (Å²) in [5.74, 6) is 0. The molecular weight excluding hydrogens is 194 g/mol. The molecule has 1 heteroatoms. The van der Waals surface area contributed by atoms with Crippen LogP contribution in [-0.4, -0.2) is 0 Å². The van der Waals surface area contributed by atoms with Crippen LogP contribution in [0.15, 0.2) is 48.5 Å². The summed E-state index contributed by atoms with van der Waals surface area (Å²) in [5.41, 5.74) is 10.7. The Labute approximate surface area is 96.9 Å². The van der Waals surface area contributed by atoms with Gasteiger partial charge in [0.25, 0.3) is 0 Å². The molecule has 0 bridgehead atoms. The molecule has 0 aliphatic rings. The zero-order valence-electron chi connectivity index (χ0n) is 9.61. The first-order valence-corrected chi connectivity index (χ1v) is 5.64. The third kappa shape index (κ3) is 2.63. The molecule has 0 radical (unpaired) electrons. The first-order chi connectivity index (χ1) is 7.75. The fourth-order valence-electron chi connectivity index (χ4n) is 1.80. The van der Waals surface area contributed by atoms with E-state index in [2.05, 4.69) is 37.3 Å². The molecule has 2 N–H and O–H groups in total. The van der Waals surface area contributed by atoms with Gasteiger partial charge in [-0.05, 0) is 37.0 Å².